The lowest BCUT2D eigenvalue weighted by Gasteiger charge is -2.26. The molecular weight excluding hydrogens is 345 g/mol. The van der Waals surface area contributed by atoms with Crippen LogP contribution >= 0.6 is 23.2 Å². The van der Waals surface area contributed by atoms with E-state index in [0.717, 1.165) is 18.2 Å². The minimum absolute atomic E-state index is 0.0177. The molecule has 126 valence electrons. The average Bonchev–Trinajstić information content (AvgIpc) is 3.01. The Hall–Kier alpha value is -1.75. The fraction of sp³-hybridized carbons (Fsp3) is 0.278. The Morgan fingerprint density at radius 2 is 2.00 bits per heavy atom. The van der Waals surface area contributed by atoms with Crippen molar-refractivity contribution in [1.29, 1.82) is 0 Å². The van der Waals surface area contributed by atoms with Crippen LogP contribution in [0, 0.1) is 0 Å². The maximum absolute atomic E-state index is 8.88. The average molecular weight is 364 g/mol. The van der Waals surface area contributed by atoms with Gasteiger partial charge < -0.3 is 14.8 Å². The van der Waals surface area contributed by atoms with E-state index >= 15 is 0 Å². The number of benzene rings is 1. The number of phenolic OH excluding ortho intramolecular Hbond substituents is 1. The number of nitrogens with one attached hydrogen (secondary N) is 1. The fourth-order valence-corrected chi connectivity index (χ4v) is 2.80. The van der Waals surface area contributed by atoms with E-state index in [1.165, 1.54) is 30.9 Å². The molecule has 0 aliphatic heterocycles. The SMILES string of the molecule is Oc1cccc(Cl)c1Cl.c1cc(CNC2CCC2)c2nccn2c1. The van der Waals surface area contributed by atoms with Crippen molar-refractivity contribution in [1.82, 2.24) is 14.7 Å². The molecule has 1 aliphatic carbocycles. The molecule has 24 heavy (non-hydrogen) atoms. The summed E-state index contributed by atoms with van der Waals surface area (Å²) in [6, 6.07) is 9.68. The number of aromatic hydroxyl groups is 1. The van der Waals surface area contributed by atoms with Crippen molar-refractivity contribution >= 4 is 28.8 Å². The van der Waals surface area contributed by atoms with Gasteiger partial charge in [-0.3, -0.25) is 0 Å². The Balaban J connectivity index is 0.000000162. The molecule has 0 bridgehead atoms. The number of pyridine rings is 1. The van der Waals surface area contributed by atoms with Crippen LogP contribution in [-0.2, 0) is 6.54 Å². The monoisotopic (exact) mass is 363 g/mol. The lowest BCUT2D eigenvalue weighted by atomic mass is 9.93. The predicted octanol–water partition coefficient (Wildman–Crippen LogP) is 4.68. The van der Waals surface area contributed by atoms with Crippen LogP contribution in [0.2, 0.25) is 10.0 Å². The molecule has 0 radical (unpaired) electrons. The second kappa shape index (κ2) is 7.88. The number of fused-ring (bicyclic) bond motifs is 1. The van der Waals surface area contributed by atoms with E-state index in [2.05, 4.69) is 26.8 Å². The minimum atomic E-state index is 0.0177. The van der Waals surface area contributed by atoms with Crippen molar-refractivity contribution in [2.24, 2.45) is 0 Å². The van der Waals surface area contributed by atoms with Gasteiger partial charge in [0.05, 0.1) is 5.02 Å². The zero-order valence-electron chi connectivity index (χ0n) is 13.1. The first kappa shape index (κ1) is 17.1. The summed E-state index contributed by atoms with van der Waals surface area (Å²) >= 11 is 11.0. The number of phenols is 1. The Bertz CT molecular complexity index is 795. The lowest BCUT2D eigenvalue weighted by Crippen LogP contribution is -2.34. The number of hydrogen-bond acceptors (Lipinski definition) is 3. The molecule has 0 saturated heterocycles. The van der Waals surface area contributed by atoms with Gasteiger partial charge in [0.1, 0.15) is 16.4 Å². The van der Waals surface area contributed by atoms with Gasteiger partial charge in [0.25, 0.3) is 0 Å². The summed E-state index contributed by atoms with van der Waals surface area (Å²) in [6.07, 6.45) is 9.92. The molecule has 1 fully saturated rings. The highest BCUT2D eigenvalue weighted by atomic mass is 35.5. The summed E-state index contributed by atoms with van der Waals surface area (Å²) < 4.78 is 2.07. The molecule has 2 N–H and O–H groups in total. The molecule has 4 rings (SSSR count). The second-order valence-corrected chi connectivity index (χ2v) is 6.56. The van der Waals surface area contributed by atoms with Crippen LogP contribution < -0.4 is 5.32 Å². The van der Waals surface area contributed by atoms with E-state index in [4.69, 9.17) is 28.3 Å². The van der Waals surface area contributed by atoms with E-state index < -0.39 is 0 Å². The molecular formula is C18H19Cl2N3O. The Morgan fingerprint density at radius 3 is 2.67 bits per heavy atom. The number of halogens is 2. The van der Waals surface area contributed by atoms with E-state index in [1.807, 2.05) is 18.6 Å². The van der Waals surface area contributed by atoms with E-state index in [1.54, 1.807) is 12.1 Å². The normalized spacial score (nSPS) is 14.1. The second-order valence-electron chi connectivity index (χ2n) is 5.77. The van der Waals surface area contributed by atoms with Crippen LogP contribution in [-0.4, -0.2) is 20.5 Å². The van der Waals surface area contributed by atoms with Gasteiger partial charge in [0, 0.05) is 36.7 Å². The summed E-state index contributed by atoms with van der Waals surface area (Å²) in [5, 5.41) is 13.0. The van der Waals surface area contributed by atoms with Gasteiger partial charge in [-0.25, -0.2) is 4.98 Å². The molecule has 0 amide bonds. The van der Waals surface area contributed by atoms with Crippen LogP contribution in [0.4, 0.5) is 0 Å². The van der Waals surface area contributed by atoms with E-state index in [9.17, 15) is 0 Å². The third-order valence-electron chi connectivity index (χ3n) is 4.12. The summed E-state index contributed by atoms with van der Waals surface area (Å²) in [4.78, 5) is 4.36. The molecule has 4 nitrogen and oxygen atoms in total. The molecule has 2 aromatic heterocycles. The highest BCUT2D eigenvalue weighted by Gasteiger charge is 2.16. The van der Waals surface area contributed by atoms with Gasteiger partial charge in [-0.05, 0) is 31.0 Å². The van der Waals surface area contributed by atoms with Gasteiger partial charge >= 0.3 is 0 Å². The number of rotatable bonds is 3. The molecule has 1 aliphatic rings. The first-order valence-electron chi connectivity index (χ1n) is 7.92. The zero-order chi connectivity index (χ0) is 16.9. The van der Waals surface area contributed by atoms with Gasteiger partial charge in [0.2, 0.25) is 0 Å². The molecule has 0 atom stereocenters. The van der Waals surface area contributed by atoms with Gasteiger partial charge in [-0.2, -0.15) is 0 Å². The number of nitrogens with zero attached hydrogens (tertiary/aromatic N) is 2. The van der Waals surface area contributed by atoms with Crippen LogP contribution in [0.25, 0.3) is 5.65 Å². The molecule has 0 spiro atoms. The van der Waals surface area contributed by atoms with Crippen molar-refractivity contribution in [2.45, 2.75) is 31.8 Å². The first-order valence-corrected chi connectivity index (χ1v) is 8.67. The van der Waals surface area contributed by atoms with Crippen molar-refractivity contribution in [3.8, 4) is 5.75 Å². The van der Waals surface area contributed by atoms with Crippen LogP contribution in [0.3, 0.4) is 0 Å². The van der Waals surface area contributed by atoms with Gasteiger partial charge in [-0.15, -0.1) is 0 Å². The largest absolute Gasteiger partial charge is 0.506 e. The Morgan fingerprint density at radius 1 is 1.17 bits per heavy atom. The van der Waals surface area contributed by atoms with Gasteiger partial charge in [0.15, 0.2) is 0 Å². The molecule has 2 heterocycles. The maximum atomic E-state index is 8.88. The highest BCUT2D eigenvalue weighted by molar-refractivity contribution is 6.42. The summed E-state index contributed by atoms with van der Waals surface area (Å²) in [6.45, 7) is 0.937. The number of aromatic nitrogens is 2. The molecule has 6 heteroatoms. The van der Waals surface area contributed by atoms with Crippen molar-refractivity contribution in [2.75, 3.05) is 0 Å². The Kier molecular flexibility index (Phi) is 5.61. The smallest absolute Gasteiger partial charge is 0.141 e. The number of imidazole rings is 1. The zero-order valence-corrected chi connectivity index (χ0v) is 14.6. The third-order valence-corrected chi connectivity index (χ3v) is 4.93. The summed E-state index contributed by atoms with van der Waals surface area (Å²) in [5.74, 6) is 0.0177. The van der Waals surface area contributed by atoms with Crippen molar-refractivity contribution in [3.63, 3.8) is 0 Å². The van der Waals surface area contributed by atoms with E-state index in [0.29, 0.717) is 5.02 Å². The molecule has 3 aromatic rings. The van der Waals surface area contributed by atoms with Crippen LogP contribution in [0.15, 0.2) is 48.9 Å². The fourth-order valence-electron chi connectivity index (χ4n) is 2.51. The minimum Gasteiger partial charge on any atom is -0.506 e. The summed E-state index contributed by atoms with van der Waals surface area (Å²) in [7, 11) is 0. The Labute approximate surface area is 151 Å². The third kappa shape index (κ3) is 4.01. The van der Waals surface area contributed by atoms with Crippen LogP contribution in [0.1, 0.15) is 24.8 Å². The molecule has 1 aromatic carbocycles. The quantitative estimate of drug-likeness (QED) is 0.710. The van der Waals surface area contributed by atoms with Crippen molar-refractivity contribution < 1.29 is 5.11 Å². The van der Waals surface area contributed by atoms with Gasteiger partial charge in [-0.1, -0.05) is 41.8 Å². The first-order chi connectivity index (χ1) is 11.6. The highest BCUT2D eigenvalue weighted by Crippen LogP contribution is 2.29. The van der Waals surface area contributed by atoms with Crippen LogP contribution in [0.5, 0.6) is 5.75 Å². The maximum Gasteiger partial charge on any atom is 0.141 e. The summed E-state index contributed by atoms with van der Waals surface area (Å²) in [5.41, 5.74) is 2.36. The molecule has 1 saturated carbocycles. The standard InChI is InChI=1S/C12H15N3.C6H4Cl2O/c1-4-11(5-1)14-9-10-3-2-7-15-8-6-13-12(10)15;7-4-2-1-3-5(9)6(4)8/h2-3,6-8,11,14H,1,4-5,9H2;1-3,9H. The number of hydrogen-bond donors (Lipinski definition) is 2. The molecule has 0 unspecified atom stereocenters. The van der Waals surface area contributed by atoms with Crippen molar-refractivity contribution in [3.05, 3.63) is 64.5 Å². The predicted molar refractivity (Wildman–Crippen MR) is 97.8 cm³/mol. The van der Waals surface area contributed by atoms with E-state index in [-0.39, 0.29) is 10.8 Å². The lowest BCUT2D eigenvalue weighted by molar-refractivity contribution is 0.338. The topological polar surface area (TPSA) is 49.6 Å².